The maximum absolute atomic E-state index is 13.2. The lowest BCUT2D eigenvalue weighted by Crippen LogP contribution is -2.50. The van der Waals surface area contributed by atoms with Crippen molar-refractivity contribution in [2.24, 2.45) is 10.9 Å². The van der Waals surface area contributed by atoms with Crippen LogP contribution in [0.5, 0.6) is 5.75 Å². The van der Waals surface area contributed by atoms with E-state index in [1.165, 1.54) is 12.1 Å². The molecule has 5 nitrogen and oxygen atoms in total. The molecule has 6 heteroatoms. The number of hydrogen-bond acceptors (Lipinski definition) is 4. The Balaban J connectivity index is 1.67. The predicted octanol–water partition coefficient (Wildman–Crippen LogP) is 1.73. The summed E-state index contributed by atoms with van der Waals surface area (Å²) in [6, 6.07) is 4.60. The number of rotatable bonds is 3. The van der Waals surface area contributed by atoms with Crippen LogP contribution in [-0.4, -0.2) is 41.2 Å². The molecule has 2 aliphatic rings. The number of oxime groups is 1. The smallest absolute Gasteiger partial charge is 0.156 e. The summed E-state index contributed by atoms with van der Waals surface area (Å²) < 4.78 is 19.1. The first-order valence-electron chi connectivity index (χ1n) is 7.34. The number of halogens is 1. The third-order valence-electron chi connectivity index (χ3n) is 4.27. The average Bonchev–Trinajstić information content (AvgIpc) is 2.88. The van der Waals surface area contributed by atoms with Crippen LogP contribution in [0.2, 0.25) is 0 Å². The van der Waals surface area contributed by atoms with E-state index in [1.807, 2.05) is 0 Å². The quantitative estimate of drug-likeness (QED) is 0.385. The Kier molecular flexibility index (Phi) is 3.96. The minimum absolute atomic E-state index is 0.00565. The van der Waals surface area contributed by atoms with Crippen molar-refractivity contribution in [2.75, 3.05) is 13.1 Å². The lowest BCUT2D eigenvalue weighted by Gasteiger charge is -2.35. The van der Waals surface area contributed by atoms with Crippen molar-refractivity contribution >= 4 is 5.84 Å². The highest BCUT2D eigenvalue weighted by Gasteiger charge is 2.31. The van der Waals surface area contributed by atoms with E-state index in [0.29, 0.717) is 13.0 Å². The second-order valence-electron chi connectivity index (χ2n) is 5.73. The zero-order chi connectivity index (χ0) is 14.8. The predicted molar refractivity (Wildman–Crippen MR) is 77.1 cm³/mol. The van der Waals surface area contributed by atoms with Crippen LogP contribution in [0.3, 0.4) is 0 Å². The highest BCUT2D eigenvalue weighted by Crippen LogP contribution is 2.30. The van der Waals surface area contributed by atoms with Crippen LogP contribution in [0.25, 0.3) is 0 Å². The Hall–Kier alpha value is -1.82. The molecular formula is C15H20FN3O2. The Bertz CT molecular complexity index is 550. The van der Waals surface area contributed by atoms with Crippen molar-refractivity contribution < 1.29 is 14.3 Å². The molecule has 1 saturated heterocycles. The molecule has 1 aromatic carbocycles. The number of benzene rings is 1. The second kappa shape index (κ2) is 5.89. The number of hydrogen-bond donors (Lipinski definition) is 2. The van der Waals surface area contributed by atoms with Gasteiger partial charge in [-0.3, -0.25) is 4.90 Å². The van der Waals surface area contributed by atoms with Crippen molar-refractivity contribution in [1.29, 1.82) is 0 Å². The first-order chi connectivity index (χ1) is 10.2. The largest absolute Gasteiger partial charge is 0.488 e. The molecule has 21 heavy (non-hydrogen) atoms. The summed E-state index contributed by atoms with van der Waals surface area (Å²) in [7, 11) is 0. The molecule has 0 aliphatic carbocycles. The molecule has 114 valence electrons. The maximum Gasteiger partial charge on any atom is 0.156 e. The van der Waals surface area contributed by atoms with Crippen LogP contribution in [0.1, 0.15) is 24.8 Å². The number of likely N-dealkylation sites (tertiary alicyclic amines) is 1. The topological polar surface area (TPSA) is 71.1 Å². The molecule has 0 radical (unpaired) electrons. The molecule has 0 amide bonds. The van der Waals surface area contributed by atoms with Gasteiger partial charge in [-0.05, 0) is 37.6 Å². The number of nitrogens with two attached hydrogens (primary N) is 1. The van der Waals surface area contributed by atoms with E-state index < -0.39 is 0 Å². The highest BCUT2D eigenvalue weighted by molar-refractivity contribution is 5.85. The van der Waals surface area contributed by atoms with E-state index in [4.69, 9.17) is 15.7 Å². The molecule has 2 aliphatic heterocycles. The number of fused-ring (bicyclic) bond motifs is 1. The SMILES string of the molecule is NC(=NO)C1CCCCN1CC1Cc2cc(F)ccc2O1. The summed E-state index contributed by atoms with van der Waals surface area (Å²) in [5.41, 5.74) is 6.70. The van der Waals surface area contributed by atoms with Gasteiger partial charge in [0.1, 0.15) is 17.7 Å². The fourth-order valence-electron chi connectivity index (χ4n) is 3.26. The zero-order valence-electron chi connectivity index (χ0n) is 11.8. The van der Waals surface area contributed by atoms with Gasteiger partial charge >= 0.3 is 0 Å². The summed E-state index contributed by atoms with van der Waals surface area (Å²) >= 11 is 0. The molecule has 0 bridgehead atoms. The molecule has 1 aromatic rings. The Morgan fingerprint density at radius 3 is 3.14 bits per heavy atom. The van der Waals surface area contributed by atoms with Gasteiger partial charge in [0, 0.05) is 18.5 Å². The lowest BCUT2D eigenvalue weighted by molar-refractivity contribution is 0.113. The Morgan fingerprint density at radius 1 is 1.48 bits per heavy atom. The number of piperidine rings is 1. The van der Waals surface area contributed by atoms with Gasteiger partial charge in [0.05, 0.1) is 6.04 Å². The van der Waals surface area contributed by atoms with Gasteiger partial charge in [-0.1, -0.05) is 11.6 Å². The van der Waals surface area contributed by atoms with Gasteiger partial charge < -0.3 is 15.7 Å². The van der Waals surface area contributed by atoms with Crippen LogP contribution in [0, 0.1) is 5.82 Å². The van der Waals surface area contributed by atoms with E-state index in [1.54, 1.807) is 6.07 Å². The van der Waals surface area contributed by atoms with Gasteiger partial charge in [-0.2, -0.15) is 0 Å². The molecule has 0 spiro atoms. The summed E-state index contributed by atoms with van der Waals surface area (Å²) in [6.45, 7) is 1.61. The van der Waals surface area contributed by atoms with Crippen molar-refractivity contribution in [3.05, 3.63) is 29.6 Å². The summed E-state index contributed by atoms with van der Waals surface area (Å²) in [6.07, 6.45) is 3.77. The van der Waals surface area contributed by atoms with Crippen molar-refractivity contribution in [1.82, 2.24) is 4.90 Å². The molecule has 0 aromatic heterocycles. The zero-order valence-corrected chi connectivity index (χ0v) is 11.8. The number of nitrogens with zero attached hydrogens (tertiary/aromatic N) is 2. The van der Waals surface area contributed by atoms with E-state index in [-0.39, 0.29) is 23.8 Å². The molecular weight excluding hydrogens is 273 g/mol. The molecule has 3 rings (SSSR count). The van der Waals surface area contributed by atoms with Gasteiger partial charge in [0.2, 0.25) is 0 Å². The third kappa shape index (κ3) is 2.95. The molecule has 1 fully saturated rings. The van der Waals surface area contributed by atoms with Gasteiger partial charge in [-0.25, -0.2) is 4.39 Å². The van der Waals surface area contributed by atoms with Gasteiger partial charge in [-0.15, -0.1) is 0 Å². The first kappa shape index (κ1) is 14.1. The average molecular weight is 293 g/mol. The summed E-state index contributed by atoms with van der Waals surface area (Å²) in [5, 5.41) is 12.1. The molecule has 0 saturated carbocycles. The van der Waals surface area contributed by atoms with Gasteiger partial charge in [0.15, 0.2) is 5.84 Å². The Morgan fingerprint density at radius 2 is 2.33 bits per heavy atom. The van der Waals surface area contributed by atoms with Crippen molar-refractivity contribution in [3.8, 4) is 5.75 Å². The monoisotopic (exact) mass is 293 g/mol. The fraction of sp³-hybridized carbons (Fsp3) is 0.533. The van der Waals surface area contributed by atoms with Gasteiger partial charge in [0.25, 0.3) is 0 Å². The molecule has 2 unspecified atom stereocenters. The number of ether oxygens (including phenoxy) is 1. The van der Waals surface area contributed by atoms with Crippen molar-refractivity contribution in [3.63, 3.8) is 0 Å². The summed E-state index contributed by atoms with van der Waals surface area (Å²) in [4.78, 5) is 2.20. The van der Waals surface area contributed by atoms with Crippen LogP contribution >= 0.6 is 0 Å². The standard InChI is InChI=1S/C15H20FN3O2/c16-11-4-5-14-10(7-11)8-12(21-14)9-19-6-2-1-3-13(19)15(17)18-20/h4-5,7,12-13,20H,1-3,6,8-9H2,(H2,17,18). The van der Waals surface area contributed by atoms with E-state index in [0.717, 1.165) is 37.1 Å². The first-order valence-corrected chi connectivity index (χ1v) is 7.34. The summed E-state index contributed by atoms with van der Waals surface area (Å²) in [5.74, 6) is 0.792. The van der Waals surface area contributed by atoms with Crippen LogP contribution in [0.4, 0.5) is 4.39 Å². The molecule has 2 heterocycles. The van der Waals surface area contributed by atoms with Crippen LogP contribution in [-0.2, 0) is 6.42 Å². The van der Waals surface area contributed by atoms with E-state index in [2.05, 4.69) is 10.1 Å². The second-order valence-corrected chi connectivity index (χ2v) is 5.73. The minimum Gasteiger partial charge on any atom is -0.488 e. The van der Waals surface area contributed by atoms with Crippen LogP contribution < -0.4 is 10.5 Å². The Labute approximate surface area is 123 Å². The van der Waals surface area contributed by atoms with E-state index in [9.17, 15) is 4.39 Å². The minimum atomic E-state index is -0.231. The normalized spacial score (nSPS) is 26.4. The van der Waals surface area contributed by atoms with Crippen molar-refractivity contribution in [2.45, 2.75) is 37.8 Å². The molecule has 3 N–H and O–H groups in total. The number of amidine groups is 1. The maximum atomic E-state index is 13.2. The van der Waals surface area contributed by atoms with E-state index >= 15 is 0 Å². The lowest BCUT2D eigenvalue weighted by atomic mass is 10.00. The van der Waals surface area contributed by atoms with Crippen LogP contribution in [0.15, 0.2) is 23.4 Å². The fourth-order valence-corrected chi connectivity index (χ4v) is 3.26. The molecule has 2 atom stereocenters. The highest BCUT2D eigenvalue weighted by atomic mass is 19.1. The third-order valence-corrected chi connectivity index (χ3v) is 4.27.